The first kappa shape index (κ1) is 17.9. The van der Waals surface area contributed by atoms with Gasteiger partial charge in [0.1, 0.15) is 0 Å². The number of allylic oxidation sites excluding steroid dienone is 3. The van der Waals surface area contributed by atoms with Crippen LogP contribution in [0.25, 0.3) is 0 Å². The lowest BCUT2D eigenvalue weighted by Crippen LogP contribution is -1.80. The van der Waals surface area contributed by atoms with E-state index in [9.17, 15) is 0 Å². The van der Waals surface area contributed by atoms with Gasteiger partial charge in [-0.15, -0.1) is 0 Å². The molecule has 0 aromatic carbocycles. The molecule has 0 saturated heterocycles. The first-order valence-electron chi connectivity index (χ1n) is 4.85. The van der Waals surface area contributed by atoms with Crippen molar-refractivity contribution >= 4 is 7.82 Å². The Hall–Kier alpha value is -0.450. The fraction of sp³-hybridized carbons (Fsp3) is 0.600. The molecule has 5 nitrogen and oxygen atoms in total. The minimum absolute atomic E-state index is 0.167. The van der Waals surface area contributed by atoms with Crippen molar-refractivity contribution < 1.29 is 24.4 Å². The van der Waals surface area contributed by atoms with Gasteiger partial charge in [0.15, 0.2) is 0 Å². The van der Waals surface area contributed by atoms with E-state index < -0.39 is 7.82 Å². The summed E-state index contributed by atoms with van der Waals surface area (Å²) in [4.78, 5) is 21.6. The second kappa shape index (κ2) is 9.75. The maximum Gasteiger partial charge on any atom is 0.466 e. The number of phosphoric acid groups is 1. The number of aliphatic hydroxyl groups excluding tert-OH is 1. The molecule has 0 radical (unpaired) electrons. The molecule has 0 aromatic heterocycles. The van der Waals surface area contributed by atoms with Gasteiger partial charge in [0.05, 0.1) is 6.61 Å². The molecule has 0 fully saturated rings. The van der Waals surface area contributed by atoms with Crippen molar-refractivity contribution in [1.82, 2.24) is 0 Å². The summed E-state index contributed by atoms with van der Waals surface area (Å²) in [7, 11) is -4.64. The molecule has 0 rings (SSSR count). The Morgan fingerprint density at radius 1 is 1.12 bits per heavy atom. The molecule has 4 N–H and O–H groups in total. The van der Waals surface area contributed by atoms with Crippen molar-refractivity contribution in [2.45, 2.75) is 33.6 Å². The van der Waals surface area contributed by atoms with E-state index in [4.69, 9.17) is 24.4 Å². The van der Waals surface area contributed by atoms with Crippen molar-refractivity contribution in [3.05, 3.63) is 23.3 Å². The SMILES string of the molecule is CC(C)=CCC/C(C)=C/CO.O=P(O)(O)O. The van der Waals surface area contributed by atoms with Crippen molar-refractivity contribution in [3.8, 4) is 0 Å². The topological polar surface area (TPSA) is 98.0 Å². The third-order valence-electron chi connectivity index (χ3n) is 1.53. The van der Waals surface area contributed by atoms with Crippen LogP contribution in [0.15, 0.2) is 23.3 Å². The van der Waals surface area contributed by atoms with E-state index in [1.807, 2.05) is 6.08 Å². The molecule has 0 unspecified atom stereocenters. The molecule has 0 aromatic rings. The quantitative estimate of drug-likeness (QED) is 0.451. The van der Waals surface area contributed by atoms with E-state index in [-0.39, 0.29) is 6.61 Å². The van der Waals surface area contributed by atoms with Crippen molar-refractivity contribution in [2.75, 3.05) is 6.61 Å². The van der Waals surface area contributed by atoms with E-state index in [1.54, 1.807) is 0 Å². The van der Waals surface area contributed by atoms with Crippen LogP contribution in [0.5, 0.6) is 0 Å². The molecule has 0 aliphatic heterocycles. The molecule has 96 valence electrons. The number of rotatable bonds is 4. The third-order valence-corrected chi connectivity index (χ3v) is 1.53. The first-order valence-corrected chi connectivity index (χ1v) is 6.41. The third kappa shape index (κ3) is 29.2. The van der Waals surface area contributed by atoms with E-state index in [0.29, 0.717) is 0 Å². The molecule has 0 amide bonds. The standard InChI is InChI=1S/C10H18O.H3O4P/c1-9(2)5-4-6-10(3)7-8-11;1-5(2,3)4/h5,7,11H,4,6,8H2,1-3H3;(H3,1,2,3,4)/b10-7+;. The average Bonchev–Trinajstić information content (AvgIpc) is 2.00. The highest BCUT2D eigenvalue weighted by molar-refractivity contribution is 7.45. The van der Waals surface area contributed by atoms with Crippen molar-refractivity contribution in [3.63, 3.8) is 0 Å². The maximum absolute atomic E-state index is 8.88. The fourth-order valence-electron chi connectivity index (χ4n) is 0.846. The fourth-order valence-corrected chi connectivity index (χ4v) is 0.846. The Morgan fingerprint density at radius 2 is 1.56 bits per heavy atom. The molecule has 0 bridgehead atoms. The van der Waals surface area contributed by atoms with Crippen LogP contribution in [0.4, 0.5) is 0 Å². The predicted octanol–water partition coefficient (Wildman–Crippen LogP) is 1.74. The van der Waals surface area contributed by atoms with Gasteiger partial charge in [0.2, 0.25) is 0 Å². The second-order valence-corrected chi connectivity index (χ2v) is 4.59. The Kier molecular flexibility index (Phi) is 10.9. The highest BCUT2D eigenvalue weighted by Gasteiger charge is 2.00. The van der Waals surface area contributed by atoms with Crippen LogP contribution in [-0.2, 0) is 4.57 Å². The van der Waals surface area contributed by atoms with Crippen LogP contribution in [0.2, 0.25) is 0 Å². The maximum atomic E-state index is 8.88. The van der Waals surface area contributed by atoms with Gasteiger partial charge in [-0.3, -0.25) is 0 Å². The van der Waals surface area contributed by atoms with Gasteiger partial charge >= 0.3 is 7.82 Å². The second-order valence-electron chi connectivity index (χ2n) is 3.57. The summed E-state index contributed by atoms with van der Waals surface area (Å²) in [6.45, 7) is 6.42. The monoisotopic (exact) mass is 252 g/mol. The molecular weight excluding hydrogens is 231 g/mol. The molecule has 0 spiro atoms. The Labute approximate surface area is 96.4 Å². The lowest BCUT2D eigenvalue weighted by atomic mass is 10.1. The Balaban J connectivity index is 0. The minimum Gasteiger partial charge on any atom is -0.392 e. The molecule has 0 heterocycles. The van der Waals surface area contributed by atoms with Gasteiger partial charge in [0, 0.05) is 0 Å². The van der Waals surface area contributed by atoms with E-state index in [2.05, 4.69) is 26.8 Å². The first-order chi connectivity index (χ1) is 7.16. The molecule has 6 heteroatoms. The number of aliphatic hydroxyl groups is 1. The summed E-state index contributed by atoms with van der Waals surface area (Å²) in [6.07, 6.45) is 6.23. The molecule has 0 aliphatic carbocycles. The summed E-state index contributed by atoms with van der Waals surface area (Å²) >= 11 is 0. The average molecular weight is 252 g/mol. The van der Waals surface area contributed by atoms with E-state index in [0.717, 1.165) is 12.8 Å². The van der Waals surface area contributed by atoms with Crippen LogP contribution in [-0.4, -0.2) is 26.4 Å². The molecule has 0 atom stereocenters. The minimum atomic E-state index is -4.64. The number of hydrogen-bond acceptors (Lipinski definition) is 2. The largest absolute Gasteiger partial charge is 0.466 e. The Morgan fingerprint density at radius 3 is 1.88 bits per heavy atom. The predicted molar refractivity (Wildman–Crippen MR) is 63.8 cm³/mol. The van der Waals surface area contributed by atoms with Crippen LogP contribution >= 0.6 is 7.82 Å². The molecular formula is C10H21O5P. The Bertz CT molecular complexity index is 265. The van der Waals surface area contributed by atoms with Gasteiger partial charge in [-0.1, -0.05) is 23.3 Å². The number of hydrogen-bond donors (Lipinski definition) is 4. The molecule has 16 heavy (non-hydrogen) atoms. The van der Waals surface area contributed by atoms with Crippen LogP contribution < -0.4 is 0 Å². The van der Waals surface area contributed by atoms with Crippen molar-refractivity contribution in [1.29, 1.82) is 0 Å². The summed E-state index contributed by atoms with van der Waals surface area (Å²) in [5.74, 6) is 0. The normalized spacial score (nSPS) is 11.6. The molecule has 0 aliphatic rings. The zero-order valence-electron chi connectivity index (χ0n) is 9.92. The van der Waals surface area contributed by atoms with Crippen LogP contribution in [0, 0.1) is 0 Å². The van der Waals surface area contributed by atoms with Gasteiger partial charge < -0.3 is 19.8 Å². The van der Waals surface area contributed by atoms with Crippen LogP contribution in [0.3, 0.4) is 0 Å². The van der Waals surface area contributed by atoms with E-state index >= 15 is 0 Å². The van der Waals surface area contributed by atoms with Gasteiger partial charge in [-0.25, -0.2) is 4.57 Å². The highest BCUT2D eigenvalue weighted by Crippen LogP contribution is 2.25. The van der Waals surface area contributed by atoms with E-state index in [1.165, 1.54) is 11.1 Å². The summed E-state index contributed by atoms with van der Waals surface area (Å²) in [5.41, 5.74) is 2.63. The van der Waals surface area contributed by atoms with Gasteiger partial charge in [-0.05, 0) is 33.6 Å². The lowest BCUT2D eigenvalue weighted by molar-refractivity contribution is 0.275. The summed E-state index contributed by atoms with van der Waals surface area (Å²) < 4.78 is 8.88. The summed E-state index contributed by atoms with van der Waals surface area (Å²) in [6, 6.07) is 0. The van der Waals surface area contributed by atoms with Crippen LogP contribution in [0.1, 0.15) is 33.6 Å². The highest BCUT2D eigenvalue weighted by atomic mass is 31.2. The summed E-state index contributed by atoms with van der Waals surface area (Å²) in [5, 5.41) is 8.55. The smallest absolute Gasteiger partial charge is 0.392 e. The molecule has 0 saturated carbocycles. The lowest BCUT2D eigenvalue weighted by Gasteiger charge is -1.96. The van der Waals surface area contributed by atoms with Gasteiger partial charge in [-0.2, -0.15) is 0 Å². The zero-order valence-corrected chi connectivity index (χ0v) is 10.8. The zero-order chi connectivity index (χ0) is 13.2. The van der Waals surface area contributed by atoms with Gasteiger partial charge in [0.25, 0.3) is 0 Å². The van der Waals surface area contributed by atoms with Crippen molar-refractivity contribution in [2.24, 2.45) is 0 Å².